The summed E-state index contributed by atoms with van der Waals surface area (Å²) < 4.78 is 15.8. The van der Waals surface area contributed by atoms with Crippen LogP contribution in [0.1, 0.15) is 205 Å². The highest BCUT2D eigenvalue weighted by atomic mass is 16.6. The lowest BCUT2D eigenvalue weighted by Gasteiger charge is -2.06. The second-order valence-corrected chi connectivity index (χ2v) is 14.6. The van der Waals surface area contributed by atoms with Crippen molar-refractivity contribution in [2.24, 2.45) is 0 Å². The van der Waals surface area contributed by atoms with Crippen molar-refractivity contribution >= 4 is 23.9 Å². The third kappa shape index (κ3) is 32.1. The van der Waals surface area contributed by atoms with Crippen LogP contribution in [0.2, 0.25) is 0 Å². The molecule has 0 aliphatic heterocycles. The molecule has 0 saturated carbocycles. The highest BCUT2D eigenvalue weighted by molar-refractivity contribution is 5.91. The molecule has 1 rings (SSSR count). The van der Waals surface area contributed by atoms with Gasteiger partial charge >= 0.3 is 12.1 Å². The largest absolute Gasteiger partial charge is 0.459 e. The highest BCUT2D eigenvalue weighted by Crippen LogP contribution is 2.13. The van der Waals surface area contributed by atoms with Crippen LogP contribution in [-0.2, 0) is 37.1 Å². The first-order valence-corrected chi connectivity index (χ1v) is 21.7. The van der Waals surface area contributed by atoms with Crippen LogP contribution in [0, 0.1) is 0 Å². The second kappa shape index (κ2) is 36.6. The average Bonchev–Trinajstić information content (AvgIpc) is 3.63. The molecule has 0 spiro atoms. The van der Waals surface area contributed by atoms with E-state index in [9.17, 15) is 19.2 Å². The topological polar surface area (TPSA) is 124 Å². The Hall–Kier alpha value is -3.36. The van der Waals surface area contributed by atoms with Gasteiger partial charge in [-0.3, -0.25) is 19.7 Å². The molecular formula is C45H76N2O7. The first-order valence-electron chi connectivity index (χ1n) is 21.7. The molecule has 0 aliphatic carbocycles. The first-order chi connectivity index (χ1) is 26.4. The lowest BCUT2D eigenvalue weighted by Crippen LogP contribution is -2.30. The van der Waals surface area contributed by atoms with Crippen LogP contribution in [-0.4, -0.2) is 30.4 Å². The first kappa shape index (κ1) is 48.7. The fraction of sp³-hybridized carbons (Fsp3) is 0.733. The Morgan fingerprint density at radius 1 is 0.519 bits per heavy atom. The molecule has 9 nitrogen and oxygen atoms in total. The molecule has 308 valence electrons. The molecule has 0 unspecified atom stereocenters. The summed E-state index contributed by atoms with van der Waals surface area (Å²) in [4.78, 5) is 48.3. The van der Waals surface area contributed by atoms with E-state index in [-0.39, 0.29) is 38.0 Å². The predicted molar refractivity (Wildman–Crippen MR) is 219 cm³/mol. The molecular weight excluding hydrogens is 681 g/mol. The Kier molecular flexibility index (Phi) is 33.0. The maximum atomic E-state index is 12.1. The summed E-state index contributed by atoms with van der Waals surface area (Å²) in [6.45, 7) is 4.03. The van der Waals surface area contributed by atoms with Crippen molar-refractivity contribution < 1.29 is 33.1 Å². The van der Waals surface area contributed by atoms with E-state index >= 15 is 0 Å². The monoisotopic (exact) mass is 757 g/mol. The molecule has 54 heavy (non-hydrogen) atoms. The minimum Gasteiger partial charge on any atom is -0.459 e. The molecule has 0 saturated heterocycles. The van der Waals surface area contributed by atoms with Crippen LogP contribution in [0.3, 0.4) is 0 Å². The SMILES string of the molecule is CCCCCCCC/C=C\CCCCCCCC(=O)NCC(=O)OCc1ccc(COC(=O)NC(=O)CCCCCCC/C=C\CCCCCCCC)o1. The third-order valence-corrected chi connectivity index (χ3v) is 9.44. The number of unbranched alkanes of at least 4 members (excludes halogenated alkanes) is 22. The number of ether oxygens (including phenoxy) is 2. The summed E-state index contributed by atoms with van der Waals surface area (Å²) in [6.07, 6.45) is 40.1. The molecule has 0 fully saturated rings. The summed E-state index contributed by atoms with van der Waals surface area (Å²) in [6, 6.07) is 3.23. The molecule has 0 atom stereocenters. The molecule has 1 heterocycles. The van der Waals surface area contributed by atoms with Crippen LogP contribution < -0.4 is 10.6 Å². The molecule has 1 aromatic heterocycles. The maximum Gasteiger partial charge on any atom is 0.414 e. The molecule has 0 radical (unpaired) electrons. The average molecular weight is 757 g/mol. The number of alkyl carbamates (subject to hydrolysis) is 1. The minimum atomic E-state index is -0.824. The summed E-state index contributed by atoms with van der Waals surface area (Å²) in [5, 5.41) is 4.86. The summed E-state index contributed by atoms with van der Waals surface area (Å²) in [5.74, 6) is -0.349. The molecule has 0 aromatic carbocycles. The molecule has 0 bridgehead atoms. The number of carbonyl (C=O) groups is 4. The molecule has 0 aliphatic rings. The zero-order valence-corrected chi connectivity index (χ0v) is 34.2. The van der Waals surface area contributed by atoms with Crippen molar-refractivity contribution in [3.05, 3.63) is 48.0 Å². The quantitative estimate of drug-likeness (QED) is 0.0397. The predicted octanol–water partition coefficient (Wildman–Crippen LogP) is 12.3. The minimum absolute atomic E-state index is 0.108. The Labute approximate surface area is 328 Å². The fourth-order valence-electron chi connectivity index (χ4n) is 6.10. The number of amides is 3. The van der Waals surface area contributed by atoms with Gasteiger partial charge in [0.25, 0.3) is 0 Å². The zero-order chi connectivity index (χ0) is 39.2. The van der Waals surface area contributed by atoms with Crippen molar-refractivity contribution in [3.8, 4) is 0 Å². The summed E-state index contributed by atoms with van der Waals surface area (Å²) >= 11 is 0. The van der Waals surface area contributed by atoms with E-state index in [1.807, 2.05) is 0 Å². The normalized spacial score (nSPS) is 11.4. The molecule has 2 N–H and O–H groups in total. The number of furan rings is 1. The van der Waals surface area contributed by atoms with Gasteiger partial charge in [0, 0.05) is 12.8 Å². The second-order valence-electron chi connectivity index (χ2n) is 14.6. The number of rotatable bonds is 36. The van der Waals surface area contributed by atoms with Crippen molar-refractivity contribution in [2.75, 3.05) is 6.54 Å². The summed E-state index contributed by atoms with van der Waals surface area (Å²) in [5.41, 5.74) is 0. The van der Waals surface area contributed by atoms with Crippen molar-refractivity contribution in [1.29, 1.82) is 0 Å². The van der Waals surface area contributed by atoms with Crippen LogP contribution in [0.25, 0.3) is 0 Å². The van der Waals surface area contributed by atoms with Gasteiger partial charge in [-0.1, -0.05) is 141 Å². The summed E-state index contributed by atoms with van der Waals surface area (Å²) in [7, 11) is 0. The van der Waals surface area contributed by atoms with Gasteiger partial charge in [0.15, 0.2) is 6.61 Å². The molecule has 3 amide bonds. The number of imide groups is 1. The van der Waals surface area contributed by atoms with Gasteiger partial charge in [0.2, 0.25) is 11.8 Å². The standard InChI is InChI=1S/C45H76N2O7/c1-3-5-7-9-11-13-15-17-19-21-23-25-27-29-31-33-42(48)46-37-44(50)52-38-40-35-36-41(54-40)39-53-45(51)47-43(49)34-32-30-28-26-24-22-20-18-16-14-12-10-8-6-4-2/h17-20,35-36H,3-16,21-34,37-39H2,1-2H3,(H,46,48)(H,47,49,51)/b19-17-,20-18-. The number of nitrogens with one attached hydrogen (secondary N) is 2. The van der Waals surface area contributed by atoms with Gasteiger partial charge in [-0.2, -0.15) is 0 Å². The Morgan fingerprint density at radius 2 is 0.907 bits per heavy atom. The van der Waals surface area contributed by atoms with Crippen LogP contribution >= 0.6 is 0 Å². The smallest absolute Gasteiger partial charge is 0.414 e. The van der Waals surface area contributed by atoms with E-state index in [4.69, 9.17) is 13.9 Å². The van der Waals surface area contributed by atoms with Gasteiger partial charge in [-0.05, 0) is 76.3 Å². The third-order valence-electron chi connectivity index (χ3n) is 9.44. The van der Waals surface area contributed by atoms with Crippen LogP contribution in [0.5, 0.6) is 0 Å². The van der Waals surface area contributed by atoms with Gasteiger partial charge in [-0.25, -0.2) is 4.79 Å². The maximum absolute atomic E-state index is 12.1. The van der Waals surface area contributed by atoms with E-state index in [2.05, 4.69) is 48.8 Å². The zero-order valence-electron chi connectivity index (χ0n) is 34.2. The van der Waals surface area contributed by atoms with Crippen molar-refractivity contribution in [2.45, 2.75) is 207 Å². The lowest BCUT2D eigenvalue weighted by molar-refractivity contribution is -0.145. The Balaban J connectivity index is 1.98. The number of esters is 1. The van der Waals surface area contributed by atoms with Crippen molar-refractivity contribution in [1.82, 2.24) is 10.6 Å². The highest BCUT2D eigenvalue weighted by Gasteiger charge is 2.12. The number of hydrogen-bond donors (Lipinski definition) is 2. The van der Waals surface area contributed by atoms with Crippen LogP contribution in [0.15, 0.2) is 40.9 Å². The van der Waals surface area contributed by atoms with Crippen LogP contribution in [0.4, 0.5) is 4.79 Å². The van der Waals surface area contributed by atoms with E-state index in [1.54, 1.807) is 12.1 Å². The van der Waals surface area contributed by atoms with Crippen molar-refractivity contribution in [3.63, 3.8) is 0 Å². The Morgan fingerprint density at radius 3 is 1.37 bits per heavy atom. The number of hydrogen-bond acceptors (Lipinski definition) is 7. The fourth-order valence-corrected chi connectivity index (χ4v) is 6.10. The van der Waals surface area contributed by atoms with E-state index in [0.717, 1.165) is 57.8 Å². The Bertz CT molecular complexity index is 1140. The molecule has 1 aromatic rings. The van der Waals surface area contributed by atoms with Gasteiger partial charge in [0.05, 0.1) is 0 Å². The van der Waals surface area contributed by atoms with E-state index < -0.39 is 12.1 Å². The number of carbonyl (C=O) groups excluding carboxylic acids is 4. The lowest BCUT2D eigenvalue weighted by atomic mass is 10.1. The number of allylic oxidation sites excluding steroid dienone is 4. The van der Waals surface area contributed by atoms with Gasteiger partial charge < -0.3 is 19.2 Å². The van der Waals surface area contributed by atoms with E-state index in [1.165, 1.54) is 109 Å². The van der Waals surface area contributed by atoms with E-state index in [0.29, 0.717) is 17.9 Å². The van der Waals surface area contributed by atoms with Gasteiger partial charge in [-0.15, -0.1) is 0 Å². The molecule has 9 heteroatoms. The van der Waals surface area contributed by atoms with Gasteiger partial charge in [0.1, 0.15) is 24.7 Å².